The molecule has 0 radical (unpaired) electrons. The van der Waals surface area contributed by atoms with Gasteiger partial charge in [0, 0.05) is 0 Å². The minimum absolute atomic E-state index is 0.393. The Balaban J connectivity index is 1.42. The fraction of sp³-hybridized carbons (Fsp3) is 1.00. The lowest BCUT2D eigenvalue weighted by Gasteiger charge is -2.57. The largest absolute Gasteiger partial charge is 0.390 e. The second kappa shape index (κ2) is 7.01. The zero-order chi connectivity index (χ0) is 19.4. The summed E-state index contributed by atoms with van der Waals surface area (Å²) in [6.45, 7) is 8.62. The van der Waals surface area contributed by atoms with E-state index in [9.17, 15) is 10.2 Å². The molecule has 4 aliphatic rings. The molecule has 4 fully saturated rings. The predicted molar refractivity (Wildman–Crippen MR) is 111 cm³/mol. The second-order valence-electron chi connectivity index (χ2n) is 12.2. The van der Waals surface area contributed by atoms with Crippen molar-refractivity contribution in [2.75, 3.05) is 0 Å². The van der Waals surface area contributed by atoms with Gasteiger partial charge in [0.05, 0.1) is 11.2 Å². The van der Waals surface area contributed by atoms with Gasteiger partial charge in [-0.2, -0.15) is 0 Å². The Morgan fingerprint density at radius 1 is 0.889 bits per heavy atom. The van der Waals surface area contributed by atoms with E-state index in [2.05, 4.69) is 13.8 Å². The minimum atomic E-state index is -0.503. The van der Waals surface area contributed by atoms with Gasteiger partial charge in [0.15, 0.2) is 0 Å². The van der Waals surface area contributed by atoms with E-state index in [1.54, 1.807) is 0 Å². The topological polar surface area (TPSA) is 40.5 Å². The molecule has 0 heterocycles. The predicted octanol–water partition coefficient (Wildman–Crippen LogP) is 5.95. The molecule has 8 atom stereocenters. The molecule has 2 nitrogen and oxygen atoms in total. The summed E-state index contributed by atoms with van der Waals surface area (Å²) in [5.41, 5.74) is -0.332. The molecule has 0 amide bonds. The molecule has 0 unspecified atom stereocenters. The summed E-state index contributed by atoms with van der Waals surface area (Å²) < 4.78 is 0. The van der Waals surface area contributed by atoms with E-state index in [4.69, 9.17) is 0 Å². The van der Waals surface area contributed by atoms with Gasteiger partial charge in [-0.3, -0.25) is 0 Å². The molecule has 156 valence electrons. The lowest BCUT2D eigenvalue weighted by atomic mass is 9.49. The van der Waals surface area contributed by atoms with Crippen LogP contribution in [0.1, 0.15) is 105 Å². The second-order valence-corrected chi connectivity index (χ2v) is 12.2. The average Bonchev–Trinajstić information content (AvgIpc) is 2.89. The van der Waals surface area contributed by atoms with Crippen LogP contribution in [0.25, 0.3) is 0 Å². The van der Waals surface area contributed by atoms with Gasteiger partial charge in [-0.1, -0.05) is 13.3 Å². The molecular formula is C25H44O2. The quantitative estimate of drug-likeness (QED) is 0.636. The average molecular weight is 377 g/mol. The Bertz CT molecular complexity index is 533. The van der Waals surface area contributed by atoms with Gasteiger partial charge in [0.2, 0.25) is 0 Å². The van der Waals surface area contributed by atoms with Gasteiger partial charge < -0.3 is 10.2 Å². The van der Waals surface area contributed by atoms with E-state index in [1.807, 2.05) is 13.8 Å². The summed E-state index contributed by atoms with van der Waals surface area (Å²) >= 11 is 0. The fourth-order valence-corrected chi connectivity index (χ4v) is 8.45. The minimum Gasteiger partial charge on any atom is -0.390 e. The fourth-order valence-electron chi connectivity index (χ4n) is 8.45. The van der Waals surface area contributed by atoms with Gasteiger partial charge in [-0.05, 0) is 132 Å². The maximum absolute atomic E-state index is 10.6. The van der Waals surface area contributed by atoms with Crippen LogP contribution in [0.3, 0.4) is 0 Å². The Morgan fingerprint density at radius 3 is 2.37 bits per heavy atom. The van der Waals surface area contributed by atoms with E-state index in [0.29, 0.717) is 5.41 Å². The lowest BCUT2D eigenvalue weighted by Crippen LogP contribution is -2.50. The van der Waals surface area contributed by atoms with Crippen LogP contribution in [0.15, 0.2) is 0 Å². The van der Waals surface area contributed by atoms with Crippen molar-refractivity contribution in [1.82, 2.24) is 0 Å². The van der Waals surface area contributed by atoms with Crippen molar-refractivity contribution >= 4 is 0 Å². The number of rotatable bonds is 4. The van der Waals surface area contributed by atoms with Crippen molar-refractivity contribution in [2.45, 2.75) is 116 Å². The Hall–Kier alpha value is -0.0800. The Kier molecular flexibility index (Phi) is 5.25. The molecule has 2 heteroatoms. The van der Waals surface area contributed by atoms with E-state index in [-0.39, 0.29) is 0 Å². The highest BCUT2D eigenvalue weighted by Gasteiger charge is 2.57. The molecule has 4 saturated carbocycles. The maximum Gasteiger partial charge on any atom is 0.0622 e. The van der Waals surface area contributed by atoms with Crippen LogP contribution >= 0.6 is 0 Å². The van der Waals surface area contributed by atoms with Crippen LogP contribution < -0.4 is 0 Å². The van der Waals surface area contributed by atoms with Crippen molar-refractivity contribution in [3.8, 4) is 0 Å². The molecule has 0 aliphatic heterocycles. The zero-order valence-electron chi connectivity index (χ0n) is 18.3. The van der Waals surface area contributed by atoms with Gasteiger partial charge in [0.1, 0.15) is 0 Å². The normalized spacial score (nSPS) is 50.0. The van der Waals surface area contributed by atoms with Gasteiger partial charge in [-0.25, -0.2) is 0 Å². The third kappa shape index (κ3) is 3.87. The molecule has 0 aromatic heterocycles. The monoisotopic (exact) mass is 376 g/mol. The molecule has 2 N–H and O–H groups in total. The number of hydrogen-bond acceptors (Lipinski definition) is 2. The summed E-state index contributed by atoms with van der Waals surface area (Å²) in [5.74, 6) is 5.45. The van der Waals surface area contributed by atoms with Crippen molar-refractivity contribution in [2.24, 2.45) is 40.9 Å². The molecule has 27 heavy (non-hydrogen) atoms. The standard InChI is InChI=1S/C25H44O2/c1-23(2,26)13-5-6-18-8-10-22-21-9-7-17-16-24(3,27)14-11-19(17)20(21)12-15-25(18,22)4/h17-22,26-27H,5-16H2,1-4H3/t17-,18-,19-,20+,21+,22-,24-,25+/m0/s1. The van der Waals surface area contributed by atoms with Gasteiger partial charge in [0.25, 0.3) is 0 Å². The molecule has 0 spiro atoms. The Labute approximate surface area is 167 Å². The molecule has 4 aliphatic carbocycles. The van der Waals surface area contributed by atoms with Crippen LogP contribution in [0.5, 0.6) is 0 Å². The van der Waals surface area contributed by atoms with E-state index >= 15 is 0 Å². The van der Waals surface area contributed by atoms with Gasteiger partial charge in [-0.15, -0.1) is 0 Å². The first-order chi connectivity index (χ1) is 12.6. The molecular weight excluding hydrogens is 332 g/mol. The van der Waals surface area contributed by atoms with Crippen LogP contribution in [-0.4, -0.2) is 21.4 Å². The van der Waals surface area contributed by atoms with Crippen LogP contribution in [0.2, 0.25) is 0 Å². The van der Waals surface area contributed by atoms with Crippen molar-refractivity contribution < 1.29 is 10.2 Å². The summed E-state index contributed by atoms with van der Waals surface area (Å²) in [7, 11) is 0. The molecule has 0 saturated heterocycles. The summed E-state index contributed by atoms with van der Waals surface area (Å²) in [4.78, 5) is 0. The number of hydrogen-bond donors (Lipinski definition) is 2. The maximum atomic E-state index is 10.6. The first kappa shape index (κ1) is 20.2. The molecule has 0 aromatic rings. The van der Waals surface area contributed by atoms with Crippen LogP contribution in [0, 0.1) is 40.9 Å². The summed E-state index contributed by atoms with van der Waals surface area (Å²) in [5, 5.41) is 20.6. The van der Waals surface area contributed by atoms with E-state index in [1.165, 1.54) is 57.8 Å². The number of aliphatic hydroxyl groups is 2. The van der Waals surface area contributed by atoms with Crippen molar-refractivity contribution in [3.05, 3.63) is 0 Å². The van der Waals surface area contributed by atoms with E-state index < -0.39 is 11.2 Å². The van der Waals surface area contributed by atoms with E-state index in [0.717, 1.165) is 54.8 Å². The lowest BCUT2D eigenvalue weighted by molar-refractivity contribution is -0.100. The molecule has 0 aromatic carbocycles. The highest BCUT2D eigenvalue weighted by molar-refractivity contribution is 5.06. The van der Waals surface area contributed by atoms with Crippen molar-refractivity contribution in [3.63, 3.8) is 0 Å². The first-order valence-electron chi connectivity index (χ1n) is 12.0. The van der Waals surface area contributed by atoms with Crippen LogP contribution in [-0.2, 0) is 0 Å². The summed E-state index contributed by atoms with van der Waals surface area (Å²) in [6, 6.07) is 0. The van der Waals surface area contributed by atoms with Gasteiger partial charge >= 0.3 is 0 Å². The zero-order valence-corrected chi connectivity index (χ0v) is 18.3. The number of fused-ring (bicyclic) bond motifs is 5. The molecule has 0 bridgehead atoms. The summed E-state index contributed by atoms with van der Waals surface area (Å²) in [6.07, 6.45) is 15.4. The first-order valence-corrected chi connectivity index (χ1v) is 12.0. The third-order valence-corrected chi connectivity index (χ3v) is 9.77. The third-order valence-electron chi connectivity index (χ3n) is 9.77. The highest BCUT2D eigenvalue weighted by atomic mass is 16.3. The van der Waals surface area contributed by atoms with Crippen LogP contribution in [0.4, 0.5) is 0 Å². The van der Waals surface area contributed by atoms with Crippen molar-refractivity contribution in [1.29, 1.82) is 0 Å². The SMILES string of the molecule is CC(C)(O)CCC[C@H]1CC[C@H]2[C@@H]3CC[C@H]4C[C@@](C)(O)CC[C@@H]4[C@H]3CC[C@]12C. The highest BCUT2D eigenvalue weighted by Crippen LogP contribution is 2.65. The Morgan fingerprint density at radius 2 is 1.63 bits per heavy atom. The molecule has 4 rings (SSSR count). The smallest absolute Gasteiger partial charge is 0.0622 e.